The fourth-order valence-electron chi connectivity index (χ4n) is 2.23. The molecular formula is C16H16N3O2. The lowest BCUT2D eigenvalue weighted by Crippen LogP contribution is -2.18. The SMILES string of the molecule is [CH2]CC(C(C)C=O)n1ncc(-c2ccc(C#N)cc2)c1O. The third-order valence-electron chi connectivity index (χ3n) is 3.53. The number of hydrogen-bond acceptors (Lipinski definition) is 4. The molecule has 0 bridgehead atoms. The third kappa shape index (κ3) is 2.79. The van der Waals surface area contributed by atoms with Gasteiger partial charge in [-0.05, 0) is 24.1 Å². The molecule has 1 N–H and O–H groups in total. The van der Waals surface area contributed by atoms with Gasteiger partial charge in [0.25, 0.3) is 0 Å². The maximum Gasteiger partial charge on any atom is 0.217 e. The summed E-state index contributed by atoms with van der Waals surface area (Å²) >= 11 is 0. The van der Waals surface area contributed by atoms with Crippen LogP contribution in [0.25, 0.3) is 11.1 Å². The van der Waals surface area contributed by atoms with Crippen LogP contribution in [-0.4, -0.2) is 21.2 Å². The van der Waals surface area contributed by atoms with Crippen molar-refractivity contribution in [3.63, 3.8) is 0 Å². The van der Waals surface area contributed by atoms with Crippen LogP contribution in [-0.2, 0) is 4.79 Å². The quantitative estimate of drug-likeness (QED) is 0.855. The zero-order valence-electron chi connectivity index (χ0n) is 11.7. The Morgan fingerprint density at radius 2 is 2.14 bits per heavy atom. The molecule has 1 aromatic carbocycles. The number of aromatic nitrogens is 2. The summed E-state index contributed by atoms with van der Waals surface area (Å²) in [5.74, 6) is -0.288. The molecule has 2 aromatic rings. The second-order valence-corrected chi connectivity index (χ2v) is 4.87. The molecule has 1 heterocycles. The van der Waals surface area contributed by atoms with E-state index < -0.39 is 0 Å². The highest BCUT2D eigenvalue weighted by Crippen LogP contribution is 2.33. The monoisotopic (exact) mass is 282 g/mol. The highest BCUT2D eigenvalue weighted by molar-refractivity contribution is 5.68. The Bertz CT molecular complexity index is 668. The van der Waals surface area contributed by atoms with E-state index in [0.717, 1.165) is 11.8 Å². The zero-order valence-corrected chi connectivity index (χ0v) is 11.7. The first-order valence-corrected chi connectivity index (χ1v) is 6.64. The number of carbonyl (C=O) groups is 1. The first kappa shape index (κ1) is 14.8. The molecule has 2 atom stereocenters. The van der Waals surface area contributed by atoms with E-state index in [2.05, 4.69) is 12.0 Å². The summed E-state index contributed by atoms with van der Waals surface area (Å²) in [6, 6.07) is 8.63. The summed E-state index contributed by atoms with van der Waals surface area (Å²) in [7, 11) is 0. The van der Waals surface area contributed by atoms with E-state index in [9.17, 15) is 9.90 Å². The lowest BCUT2D eigenvalue weighted by molar-refractivity contribution is -0.111. The summed E-state index contributed by atoms with van der Waals surface area (Å²) in [6.45, 7) is 5.58. The lowest BCUT2D eigenvalue weighted by Gasteiger charge is -2.19. The van der Waals surface area contributed by atoms with Gasteiger partial charge < -0.3 is 9.90 Å². The Labute approximate surface area is 123 Å². The standard InChI is InChI=1S/C16H16N3O2/c1-3-15(11(2)10-20)19-16(21)14(9-18-19)13-6-4-12(8-17)5-7-13/h4-7,9-11,15,21H,1,3H2,2H3. The Morgan fingerprint density at radius 3 is 2.67 bits per heavy atom. The number of aldehydes is 1. The molecule has 0 aliphatic rings. The molecule has 0 amide bonds. The normalized spacial score (nSPS) is 13.4. The van der Waals surface area contributed by atoms with Crippen LogP contribution in [0.1, 0.15) is 24.9 Å². The van der Waals surface area contributed by atoms with E-state index in [1.807, 2.05) is 6.07 Å². The average molecular weight is 282 g/mol. The van der Waals surface area contributed by atoms with E-state index in [1.54, 1.807) is 37.4 Å². The summed E-state index contributed by atoms with van der Waals surface area (Å²) in [6.07, 6.45) is 2.83. The molecule has 0 spiro atoms. The molecule has 21 heavy (non-hydrogen) atoms. The number of benzene rings is 1. The molecule has 0 saturated carbocycles. The first-order chi connectivity index (χ1) is 10.1. The number of hydrogen-bond donors (Lipinski definition) is 1. The molecular weight excluding hydrogens is 266 g/mol. The van der Waals surface area contributed by atoms with Gasteiger partial charge in [0.15, 0.2) is 0 Å². The molecule has 0 fully saturated rings. The van der Waals surface area contributed by atoms with E-state index in [4.69, 9.17) is 5.26 Å². The molecule has 2 unspecified atom stereocenters. The molecule has 0 aliphatic heterocycles. The minimum Gasteiger partial charge on any atom is -0.493 e. The van der Waals surface area contributed by atoms with Crippen molar-refractivity contribution < 1.29 is 9.90 Å². The Balaban J connectivity index is 2.39. The van der Waals surface area contributed by atoms with Crippen molar-refractivity contribution in [1.82, 2.24) is 9.78 Å². The van der Waals surface area contributed by atoms with E-state index >= 15 is 0 Å². The van der Waals surface area contributed by atoms with Crippen LogP contribution >= 0.6 is 0 Å². The smallest absolute Gasteiger partial charge is 0.217 e. The molecule has 5 nitrogen and oxygen atoms in total. The summed E-state index contributed by atoms with van der Waals surface area (Å²) in [5, 5.41) is 23.3. The number of rotatable bonds is 5. The lowest BCUT2D eigenvalue weighted by atomic mass is 10.0. The van der Waals surface area contributed by atoms with Crippen LogP contribution in [0.3, 0.4) is 0 Å². The van der Waals surface area contributed by atoms with E-state index in [0.29, 0.717) is 17.5 Å². The van der Waals surface area contributed by atoms with Gasteiger partial charge in [0.2, 0.25) is 5.88 Å². The third-order valence-corrected chi connectivity index (χ3v) is 3.53. The van der Waals surface area contributed by atoms with Crippen molar-refractivity contribution >= 4 is 6.29 Å². The molecule has 1 aromatic heterocycles. The Kier molecular flexibility index (Phi) is 4.39. The Morgan fingerprint density at radius 1 is 1.48 bits per heavy atom. The van der Waals surface area contributed by atoms with Gasteiger partial charge in [-0.2, -0.15) is 10.4 Å². The van der Waals surface area contributed by atoms with Crippen molar-refractivity contribution in [1.29, 1.82) is 5.26 Å². The van der Waals surface area contributed by atoms with Gasteiger partial charge in [-0.1, -0.05) is 26.0 Å². The van der Waals surface area contributed by atoms with Gasteiger partial charge in [-0.3, -0.25) is 0 Å². The predicted molar refractivity (Wildman–Crippen MR) is 78.3 cm³/mol. The second kappa shape index (κ2) is 6.23. The highest BCUT2D eigenvalue weighted by Gasteiger charge is 2.22. The second-order valence-electron chi connectivity index (χ2n) is 4.87. The number of nitriles is 1. The van der Waals surface area contributed by atoms with Gasteiger partial charge >= 0.3 is 0 Å². The number of carbonyl (C=O) groups excluding carboxylic acids is 1. The number of nitrogens with zero attached hydrogens (tertiary/aromatic N) is 3. The van der Waals surface area contributed by atoms with Gasteiger partial charge in [-0.15, -0.1) is 0 Å². The predicted octanol–water partition coefficient (Wildman–Crippen LogP) is 2.73. The molecule has 1 radical (unpaired) electrons. The fourth-order valence-corrected chi connectivity index (χ4v) is 2.23. The average Bonchev–Trinajstić information content (AvgIpc) is 2.90. The van der Waals surface area contributed by atoms with Crippen molar-refractivity contribution in [2.75, 3.05) is 0 Å². The van der Waals surface area contributed by atoms with Gasteiger partial charge in [-0.25, -0.2) is 4.68 Å². The molecule has 5 heteroatoms. The highest BCUT2D eigenvalue weighted by atomic mass is 16.3. The Hall–Kier alpha value is -2.61. The number of aromatic hydroxyl groups is 1. The van der Waals surface area contributed by atoms with Gasteiger partial charge in [0.1, 0.15) is 6.29 Å². The van der Waals surface area contributed by atoms with Crippen LogP contribution in [0.4, 0.5) is 0 Å². The zero-order chi connectivity index (χ0) is 15.4. The van der Waals surface area contributed by atoms with Crippen LogP contribution < -0.4 is 0 Å². The van der Waals surface area contributed by atoms with Crippen LogP contribution in [0, 0.1) is 24.2 Å². The van der Waals surface area contributed by atoms with Crippen molar-refractivity contribution in [2.24, 2.45) is 5.92 Å². The van der Waals surface area contributed by atoms with Crippen molar-refractivity contribution in [3.8, 4) is 23.1 Å². The summed E-state index contributed by atoms with van der Waals surface area (Å²) in [5.41, 5.74) is 1.88. The van der Waals surface area contributed by atoms with E-state index in [-0.39, 0.29) is 17.8 Å². The van der Waals surface area contributed by atoms with Gasteiger partial charge in [0.05, 0.1) is 29.4 Å². The largest absolute Gasteiger partial charge is 0.493 e. The topological polar surface area (TPSA) is 78.9 Å². The van der Waals surface area contributed by atoms with Crippen molar-refractivity contribution in [3.05, 3.63) is 42.9 Å². The van der Waals surface area contributed by atoms with Gasteiger partial charge in [0, 0.05) is 5.92 Å². The molecule has 2 rings (SSSR count). The van der Waals surface area contributed by atoms with Crippen LogP contribution in [0.15, 0.2) is 30.5 Å². The molecule has 0 aliphatic carbocycles. The maximum absolute atomic E-state index is 11.0. The van der Waals surface area contributed by atoms with Crippen LogP contribution in [0.2, 0.25) is 0 Å². The minimum absolute atomic E-state index is 0.00191. The minimum atomic E-state index is -0.290. The molecule has 107 valence electrons. The fraction of sp³-hybridized carbons (Fsp3) is 0.250. The summed E-state index contributed by atoms with van der Waals surface area (Å²) in [4.78, 5) is 11.0. The van der Waals surface area contributed by atoms with Crippen LogP contribution in [0.5, 0.6) is 5.88 Å². The molecule has 0 saturated heterocycles. The first-order valence-electron chi connectivity index (χ1n) is 6.64. The summed E-state index contributed by atoms with van der Waals surface area (Å²) < 4.78 is 1.43. The van der Waals surface area contributed by atoms with Crippen molar-refractivity contribution in [2.45, 2.75) is 19.4 Å². The van der Waals surface area contributed by atoms with E-state index in [1.165, 1.54) is 4.68 Å². The maximum atomic E-state index is 11.0.